The fourth-order valence-electron chi connectivity index (χ4n) is 2.12. The summed E-state index contributed by atoms with van der Waals surface area (Å²) in [5.74, 6) is 0.804. The largest absolute Gasteiger partial charge is 0.349 e. The molecule has 0 fully saturated rings. The highest BCUT2D eigenvalue weighted by molar-refractivity contribution is 7.99. The van der Waals surface area contributed by atoms with Crippen LogP contribution in [0, 0.1) is 0 Å². The van der Waals surface area contributed by atoms with Gasteiger partial charge in [0.05, 0.1) is 17.5 Å². The van der Waals surface area contributed by atoms with E-state index in [0.29, 0.717) is 16.2 Å². The van der Waals surface area contributed by atoms with E-state index in [1.807, 2.05) is 37.3 Å². The Morgan fingerprint density at radius 3 is 2.64 bits per heavy atom. The molecule has 1 unspecified atom stereocenters. The summed E-state index contributed by atoms with van der Waals surface area (Å²) in [6.45, 7) is 6.15. The molecule has 1 aromatic carbocycles. The molecule has 0 aliphatic carbocycles. The highest BCUT2D eigenvalue weighted by Gasteiger charge is 2.11. The Balaban J connectivity index is 1.89. The van der Waals surface area contributed by atoms with Gasteiger partial charge in [-0.05, 0) is 17.7 Å². The number of carbonyl (C=O) groups is 1. The zero-order valence-corrected chi connectivity index (χ0v) is 16.2. The molecule has 1 atom stereocenters. The van der Waals surface area contributed by atoms with Gasteiger partial charge in [-0.2, -0.15) is 11.8 Å². The monoisotopic (exact) mass is 377 g/mol. The Morgan fingerprint density at radius 2 is 1.96 bits per heavy atom. The van der Waals surface area contributed by atoms with Gasteiger partial charge in [-0.1, -0.05) is 55.9 Å². The molecule has 0 radical (unpaired) electrons. The molecule has 0 spiro atoms. The lowest BCUT2D eigenvalue weighted by molar-refractivity contribution is -0.119. The highest BCUT2D eigenvalue weighted by Crippen LogP contribution is 2.18. The van der Waals surface area contributed by atoms with Crippen molar-refractivity contribution in [3.63, 3.8) is 0 Å². The van der Waals surface area contributed by atoms with Crippen molar-refractivity contribution in [2.45, 2.75) is 43.0 Å². The number of H-pyrrole nitrogens is 1. The second-order valence-corrected chi connectivity index (χ2v) is 8.42. The van der Waals surface area contributed by atoms with E-state index in [1.54, 1.807) is 11.8 Å². The summed E-state index contributed by atoms with van der Waals surface area (Å²) in [4.78, 5) is 31.0. The van der Waals surface area contributed by atoms with Gasteiger partial charge in [-0.3, -0.25) is 9.59 Å². The quantitative estimate of drug-likeness (QED) is 0.545. The van der Waals surface area contributed by atoms with Crippen molar-refractivity contribution in [2.24, 2.45) is 0 Å². The van der Waals surface area contributed by atoms with Crippen molar-refractivity contribution in [1.29, 1.82) is 0 Å². The number of amides is 1. The summed E-state index contributed by atoms with van der Waals surface area (Å²) in [5.41, 5.74) is 1.61. The zero-order chi connectivity index (χ0) is 18.2. The summed E-state index contributed by atoms with van der Waals surface area (Å²) in [6, 6.07) is 11.2. The number of nitrogens with one attached hydrogen (secondary N) is 2. The van der Waals surface area contributed by atoms with Crippen LogP contribution in [0.2, 0.25) is 0 Å². The molecule has 25 heavy (non-hydrogen) atoms. The van der Waals surface area contributed by atoms with Crippen molar-refractivity contribution in [3.8, 4) is 0 Å². The number of nitrogens with zero attached hydrogens (tertiary/aromatic N) is 1. The van der Waals surface area contributed by atoms with Gasteiger partial charge < -0.3 is 10.3 Å². The van der Waals surface area contributed by atoms with Gasteiger partial charge >= 0.3 is 0 Å². The third-order valence-corrected chi connectivity index (χ3v) is 5.36. The Bertz CT molecular complexity index is 747. The number of aromatic nitrogens is 2. The Hall–Kier alpha value is -1.73. The zero-order valence-electron chi connectivity index (χ0n) is 14.6. The lowest BCUT2D eigenvalue weighted by Crippen LogP contribution is -2.28. The molecule has 7 heteroatoms. The summed E-state index contributed by atoms with van der Waals surface area (Å²) >= 11 is 2.97. The molecule has 0 aliphatic heterocycles. The lowest BCUT2D eigenvalue weighted by Gasteiger charge is -2.14. The summed E-state index contributed by atoms with van der Waals surface area (Å²) < 4.78 is 0. The Kier molecular flexibility index (Phi) is 7.58. The van der Waals surface area contributed by atoms with E-state index in [2.05, 4.69) is 29.1 Å². The number of thioether (sulfide) groups is 2. The molecule has 2 rings (SSSR count). The van der Waals surface area contributed by atoms with Gasteiger partial charge in [0.15, 0.2) is 5.16 Å². The molecule has 1 aromatic heterocycles. The van der Waals surface area contributed by atoms with Crippen LogP contribution in [0.15, 0.2) is 46.3 Å². The molecule has 2 N–H and O–H groups in total. The van der Waals surface area contributed by atoms with Gasteiger partial charge in [0.25, 0.3) is 5.56 Å². The van der Waals surface area contributed by atoms with Crippen LogP contribution in [0.3, 0.4) is 0 Å². The van der Waals surface area contributed by atoms with Crippen LogP contribution in [0.5, 0.6) is 0 Å². The number of aromatic amines is 1. The normalized spacial score (nSPS) is 12.2. The van der Waals surface area contributed by atoms with E-state index in [1.165, 1.54) is 17.8 Å². The minimum atomic E-state index is -0.185. The van der Waals surface area contributed by atoms with E-state index in [4.69, 9.17) is 0 Å². The SMILES string of the molecule is CC(C)SCc1cc(=O)[nH]c(SCC(=O)NC(C)c2ccccc2)n1. The molecule has 5 nitrogen and oxygen atoms in total. The maximum atomic E-state index is 12.1. The van der Waals surface area contributed by atoms with E-state index in [-0.39, 0.29) is 23.3 Å². The predicted octanol–water partition coefficient (Wildman–Crippen LogP) is 3.38. The molecule has 1 amide bonds. The minimum Gasteiger partial charge on any atom is -0.349 e. The van der Waals surface area contributed by atoms with E-state index < -0.39 is 0 Å². The molecule has 0 saturated carbocycles. The van der Waals surface area contributed by atoms with Gasteiger partial charge in [0, 0.05) is 11.8 Å². The van der Waals surface area contributed by atoms with Crippen molar-refractivity contribution in [1.82, 2.24) is 15.3 Å². The standard InChI is InChI=1S/C18H23N3O2S2/c1-12(2)24-10-15-9-16(22)21-18(20-15)25-11-17(23)19-13(3)14-7-5-4-6-8-14/h4-9,12-13H,10-11H2,1-3H3,(H,19,23)(H,20,21,22). The number of carbonyl (C=O) groups excluding carboxylic acids is 1. The van der Waals surface area contributed by atoms with Gasteiger partial charge in [0.2, 0.25) is 5.91 Å². The number of benzene rings is 1. The van der Waals surface area contributed by atoms with E-state index in [9.17, 15) is 9.59 Å². The molecule has 134 valence electrons. The first-order valence-corrected chi connectivity index (χ1v) is 10.2. The fourth-order valence-corrected chi connectivity index (χ4v) is 3.48. The molecule has 0 saturated heterocycles. The molecule has 2 aromatic rings. The van der Waals surface area contributed by atoms with Crippen LogP contribution in [-0.2, 0) is 10.5 Å². The lowest BCUT2D eigenvalue weighted by atomic mass is 10.1. The summed E-state index contributed by atoms with van der Waals surface area (Å²) in [7, 11) is 0. The van der Waals surface area contributed by atoms with Gasteiger partial charge in [0.1, 0.15) is 0 Å². The van der Waals surface area contributed by atoms with E-state index in [0.717, 1.165) is 11.3 Å². The number of rotatable bonds is 8. The molecular weight excluding hydrogens is 354 g/mol. The topological polar surface area (TPSA) is 74.8 Å². The first-order valence-electron chi connectivity index (χ1n) is 8.13. The van der Waals surface area contributed by atoms with Gasteiger partial charge in [-0.25, -0.2) is 4.98 Å². The average molecular weight is 378 g/mol. The second-order valence-electron chi connectivity index (χ2n) is 5.89. The molecule has 1 heterocycles. The Morgan fingerprint density at radius 1 is 1.24 bits per heavy atom. The maximum Gasteiger partial charge on any atom is 0.251 e. The first-order chi connectivity index (χ1) is 11.9. The molecule has 0 bridgehead atoms. The van der Waals surface area contributed by atoms with Crippen molar-refractivity contribution >= 4 is 29.4 Å². The van der Waals surface area contributed by atoms with Crippen molar-refractivity contribution in [3.05, 3.63) is 58.0 Å². The highest BCUT2D eigenvalue weighted by atomic mass is 32.2. The number of hydrogen-bond acceptors (Lipinski definition) is 5. The molecule has 0 aliphatic rings. The third kappa shape index (κ3) is 6.96. The van der Waals surface area contributed by atoms with Crippen molar-refractivity contribution in [2.75, 3.05) is 5.75 Å². The Labute approximate surface area is 156 Å². The fraction of sp³-hybridized carbons (Fsp3) is 0.389. The van der Waals surface area contributed by atoms with Crippen LogP contribution >= 0.6 is 23.5 Å². The van der Waals surface area contributed by atoms with E-state index >= 15 is 0 Å². The smallest absolute Gasteiger partial charge is 0.251 e. The van der Waals surface area contributed by atoms with Gasteiger partial charge in [-0.15, -0.1) is 0 Å². The predicted molar refractivity (Wildman–Crippen MR) is 105 cm³/mol. The summed E-state index contributed by atoms with van der Waals surface area (Å²) in [6.07, 6.45) is 0. The maximum absolute atomic E-state index is 12.1. The average Bonchev–Trinajstić information content (AvgIpc) is 2.58. The van der Waals surface area contributed by atoms with Crippen LogP contribution in [0.4, 0.5) is 0 Å². The molecular formula is C18H23N3O2S2. The van der Waals surface area contributed by atoms with Crippen LogP contribution in [-0.4, -0.2) is 26.9 Å². The van der Waals surface area contributed by atoms with Crippen LogP contribution < -0.4 is 10.9 Å². The first kappa shape index (κ1) is 19.6. The second kappa shape index (κ2) is 9.68. The number of hydrogen-bond donors (Lipinski definition) is 2. The van der Waals surface area contributed by atoms with Crippen LogP contribution in [0.1, 0.15) is 38.1 Å². The minimum absolute atomic E-state index is 0.0601. The summed E-state index contributed by atoms with van der Waals surface area (Å²) in [5, 5.41) is 3.91. The van der Waals surface area contributed by atoms with Crippen LogP contribution in [0.25, 0.3) is 0 Å². The third-order valence-electron chi connectivity index (χ3n) is 3.35. The van der Waals surface area contributed by atoms with Crippen molar-refractivity contribution < 1.29 is 4.79 Å².